The number of Topliss-reactive ketones (excluding diaryl/α,β-unsaturated/α-hetero) is 1. The number of aromatic nitrogens is 1. The van der Waals surface area contributed by atoms with E-state index in [1.165, 1.54) is 6.92 Å². The van der Waals surface area contributed by atoms with Gasteiger partial charge in [0.2, 0.25) is 5.91 Å². The fourth-order valence-corrected chi connectivity index (χ4v) is 2.62. The molecule has 1 amide bonds. The molecule has 26 heavy (non-hydrogen) atoms. The Kier molecular flexibility index (Phi) is 5.39. The molecule has 0 aliphatic heterocycles. The Morgan fingerprint density at radius 2 is 1.54 bits per heavy atom. The summed E-state index contributed by atoms with van der Waals surface area (Å²) in [5.41, 5.74) is 4.07. The van der Waals surface area contributed by atoms with Crippen molar-refractivity contribution in [1.29, 1.82) is 0 Å². The quantitative estimate of drug-likeness (QED) is 0.663. The maximum Gasteiger partial charge on any atom is 0.243 e. The van der Waals surface area contributed by atoms with Gasteiger partial charge in [-0.05, 0) is 54.4 Å². The highest BCUT2D eigenvalue weighted by atomic mass is 16.2. The largest absolute Gasteiger partial charge is 0.376 e. The molecule has 3 rings (SSSR count). The SMILES string of the molecule is CC(=O)c1ccccc1NCC(=O)Nc1ccc(-c2ccncc2)cc1. The number of rotatable bonds is 6. The molecule has 2 aromatic carbocycles. The van der Waals surface area contributed by atoms with E-state index in [4.69, 9.17) is 0 Å². The van der Waals surface area contributed by atoms with Crippen molar-refractivity contribution in [3.8, 4) is 11.1 Å². The first kappa shape index (κ1) is 17.4. The first-order chi connectivity index (χ1) is 12.6. The van der Waals surface area contributed by atoms with Gasteiger partial charge >= 0.3 is 0 Å². The molecule has 130 valence electrons. The van der Waals surface area contributed by atoms with E-state index in [0.717, 1.165) is 16.8 Å². The first-order valence-corrected chi connectivity index (χ1v) is 8.27. The number of hydrogen-bond donors (Lipinski definition) is 2. The number of amides is 1. The standard InChI is InChI=1S/C21H19N3O2/c1-15(25)19-4-2-3-5-20(19)23-14-21(26)24-18-8-6-16(7-9-18)17-10-12-22-13-11-17/h2-13,23H,14H2,1H3,(H,24,26). The number of benzene rings is 2. The Balaban J connectivity index is 1.60. The van der Waals surface area contributed by atoms with E-state index in [0.29, 0.717) is 11.3 Å². The van der Waals surface area contributed by atoms with Crippen LogP contribution in [0.4, 0.5) is 11.4 Å². The molecular formula is C21H19N3O2. The van der Waals surface area contributed by atoms with E-state index < -0.39 is 0 Å². The van der Waals surface area contributed by atoms with Crippen molar-refractivity contribution >= 4 is 23.1 Å². The van der Waals surface area contributed by atoms with Crippen LogP contribution in [0.25, 0.3) is 11.1 Å². The third kappa shape index (κ3) is 4.33. The minimum absolute atomic E-state index is 0.0415. The molecule has 3 aromatic rings. The number of anilines is 2. The molecule has 5 nitrogen and oxygen atoms in total. The normalized spacial score (nSPS) is 10.2. The van der Waals surface area contributed by atoms with E-state index in [2.05, 4.69) is 15.6 Å². The van der Waals surface area contributed by atoms with Gasteiger partial charge in [0.15, 0.2) is 5.78 Å². The number of carbonyl (C=O) groups excluding carboxylic acids is 2. The zero-order valence-electron chi connectivity index (χ0n) is 14.4. The molecule has 1 heterocycles. The number of ketones is 1. The molecule has 0 aliphatic rings. The molecule has 5 heteroatoms. The molecule has 0 bridgehead atoms. The van der Waals surface area contributed by atoms with Crippen molar-refractivity contribution in [2.45, 2.75) is 6.92 Å². The molecule has 2 N–H and O–H groups in total. The number of para-hydroxylation sites is 1. The summed E-state index contributed by atoms with van der Waals surface area (Å²) in [6.07, 6.45) is 3.49. The summed E-state index contributed by atoms with van der Waals surface area (Å²) in [6.45, 7) is 1.58. The highest BCUT2D eigenvalue weighted by Gasteiger charge is 2.08. The zero-order chi connectivity index (χ0) is 18.4. The minimum Gasteiger partial charge on any atom is -0.376 e. The maximum absolute atomic E-state index is 12.2. The van der Waals surface area contributed by atoms with Gasteiger partial charge in [0.05, 0.1) is 6.54 Å². The maximum atomic E-state index is 12.2. The third-order valence-electron chi connectivity index (χ3n) is 3.93. The van der Waals surface area contributed by atoms with Gasteiger partial charge in [0.1, 0.15) is 0 Å². The monoisotopic (exact) mass is 345 g/mol. The summed E-state index contributed by atoms with van der Waals surface area (Å²) in [4.78, 5) is 27.8. The molecule has 0 aliphatic carbocycles. The minimum atomic E-state index is -0.181. The van der Waals surface area contributed by atoms with Crippen LogP contribution in [0.1, 0.15) is 17.3 Å². The van der Waals surface area contributed by atoms with Gasteiger partial charge in [0.25, 0.3) is 0 Å². The Labute approximate surface area is 152 Å². The van der Waals surface area contributed by atoms with E-state index >= 15 is 0 Å². The van der Waals surface area contributed by atoms with Gasteiger partial charge < -0.3 is 10.6 Å². The van der Waals surface area contributed by atoms with Crippen LogP contribution in [0.15, 0.2) is 73.1 Å². The van der Waals surface area contributed by atoms with Crippen LogP contribution in [0, 0.1) is 0 Å². The first-order valence-electron chi connectivity index (χ1n) is 8.27. The number of hydrogen-bond acceptors (Lipinski definition) is 4. The van der Waals surface area contributed by atoms with Crippen LogP contribution in [0.5, 0.6) is 0 Å². The second-order valence-electron chi connectivity index (χ2n) is 5.82. The zero-order valence-corrected chi connectivity index (χ0v) is 14.4. The summed E-state index contributed by atoms with van der Waals surface area (Å²) in [5, 5.41) is 5.85. The third-order valence-corrected chi connectivity index (χ3v) is 3.93. The fourth-order valence-electron chi connectivity index (χ4n) is 2.62. The van der Waals surface area contributed by atoms with Crippen LogP contribution < -0.4 is 10.6 Å². The van der Waals surface area contributed by atoms with Crippen molar-refractivity contribution in [1.82, 2.24) is 4.98 Å². The van der Waals surface area contributed by atoms with Crippen molar-refractivity contribution in [3.63, 3.8) is 0 Å². The smallest absolute Gasteiger partial charge is 0.243 e. The van der Waals surface area contributed by atoms with Crippen molar-refractivity contribution in [3.05, 3.63) is 78.6 Å². The average Bonchev–Trinajstić information content (AvgIpc) is 2.68. The van der Waals surface area contributed by atoms with E-state index in [-0.39, 0.29) is 18.2 Å². The summed E-state index contributed by atoms with van der Waals surface area (Å²) in [5.74, 6) is -0.222. The highest BCUT2D eigenvalue weighted by molar-refractivity contribution is 6.00. The average molecular weight is 345 g/mol. The van der Waals surface area contributed by atoms with Crippen molar-refractivity contribution < 1.29 is 9.59 Å². The second kappa shape index (κ2) is 8.07. The van der Waals surface area contributed by atoms with Crippen LogP contribution in [0.3, 0.4) is 0 Å². The second-order valence-corrected chi connectivity index (χ2v) is 5.82. The van der Waals surface area contributed by atoms with E-state index in [9.17, 15) is 9.59 Å². The topological polar surface area (TPSA) is 71.1 Å². The summed E-state index contributed by atoms with van der Waals surface area (Å²) >= 11 is 0. The summed E-state index contributed by atoms with van der Waals surface area (Å²) in [7, 11) is 0. The predicted molar refractivity (Wildman–Crippen MR) is 103 cm³/mol. The van der Waals surface area contributed by atoms with Crippen LogP contribution >= 0.6 is 0 Å². The van der Waals surface area contributed by atoms with Crippen LogP contribution in [-0.2, 0) is 4.79 Å². The van der Waals surface area contributed by atoms with Crippen LogP contribution in [0.2, 0.25) is 0 Å². The highest BCUT2D eigenvalue weighted by Crippen LogP contribution is 2.20. The van der Waals surface area contributed by atoms with E-state index in [1.807, 2.05) is 42.5 Å². The summed E-state index contributed by atoms with van der Waals surface area (Å²) in [6, 6.07) is 18.6. The van der Waals surface area contributed by atoms with Crippen LogP contribution in [-0.4, -0.2) is 23.2 Å². The van der Waals surface area contributed by atoms with E-state index in [1.54, 1.807) is 30.6 Å². The Bertz CT molecular complexity index is 906. The van der Waals surface area contributed by atoms with Crippen molar-refractivity contribution in [2.24, 2.45) is 0 Å². The lowest BCUT2D eigenvalue weighted by Gasteiger charge is -2.11. The Hall–Kier alpha value is -3.47. The molecular weight excluding hydrogens is 326 g/mol. The van der Waals surface area contributed by atoms with Gasteiger partial charge in [-0.2, -0.15) is 0 Å². The van der Waals surface area contributed by atoms with Gasteiger partial charge in [-0.25, -0.2) is 0 Å². The lowest BCUT2D eigenvalue weighted by molar-refractivity contribution is -0.114. The molecule has 0 saturated heterocycles. The molecule has 0 atom stereocenters. The molecule has 0 fully saturated rings. The van der Waals surface area contributed by atoms with Gasteiger partial charge in [-0.1, -0.05) is 24.3 Å². The number of carbonyl (C=O) groups is 2. The molecule has 0 spiro atoms. The predicted octanol–water partition coefficient (Wildman–Crippen LogP) is 4.00. The van der Waals surface area contributed by atoms with Gasteiger partial charge in [-0.15, -0.1) is 0 Å². The van der Waals surface area contributed by atoms with Gasteiger partial charge in [-0.3, -0.25) is 14.6 Å². The Morgan fingerprint density at radius 3 is 2.23 bits per heavy atom. The molecule has 0 unspecified atom stereocenters. The van der Waals surface area contributed by atoms with Crippen molar-refractivity contribution in [2.75, 3.05) is 17.2 Å². The molecule has 0 saturated carbocycles. The fraction of sp³-hybridized carbons (Fsp3) is 0.0952. The lowest BCUT2D eigenvalue weighted by Crippen LogP contribution is -2.22. The lowest BCUT2D eigenvalue weighted by atomic mass is 10.1. The number of nitrogens with one attached hydrogen (secondary N) is 2. The molecule has 1 aromatic heterocycles. The molecule has 0 radical (unpaired) electrons. The Morgan fingerprint density at radius 1 is 0.885 bits per heavy atom. The van der Waals surface area contributed by atoms with Gasteiger partial charge in [0, 0.05) is 29.3 Å². The number of pyridine rings is 1. The number of nitrogens with zero attached hydrogens (tertiary/aromatic N) is 1. The summed E-state index contributed by atoms with van der Waals surface area (Å²) < 4.78 is 0.